The highest BCUT2D eigenvalue weighted by atomic mass is 35.5. The van der Waals surface area contributed by atoms with Crippen LogP contribution in [-0.4, -0.2) is 63.6 Å². The standard InChI is InChI=1S/C14H20N10S.ClH/c1-22-14(18-19-21-22)25-9-8-23-7-6-16-13(23)12-10-24(20-17-12)11-2-4-15-5-3-11;/h6-7,10-11,15H,2-5,8-9H2,1H3;1H. The third-order valence-electron chi connectivity index (χ3n) is 4.28. The fraction of sp³-hybridized carbons (Fsp3) is 0.571. The molecule has 1 aliphatic rings. The van der Waals surface area contributed by atoms with E-state index < -0.39 is 0 Å². The molecular formula is C14H21ClN10S. The van der Waals surface area contributed by atoms with Crippen molar-refractivity contribution in [2.45, 2.75) is 30.6 Å². The van der Waals surface area contributed by atoms with Gasteiger partial charge in [-0.1, -0.05) is 17.0 Å². The topological polar surface area (TPSA) is 104 Å². The first kappa shape index (κ1) is 18.8. The summed E-state index contributed by atoms with van der Waals surface area (Å²) >= 11 is 1.61. The maximum Gasteiger partial charge on any atom is 0.209 e. The van der Waals surface area contributed by atoms with Gasteiger partial charge in [-0.3, -0.25) is 0 Å². The molecule has 0 radical (unpaired) electrons. The minimum Gasteiger partial charge on any atom is -0.329 e. The van der Waals surface area contributed by atoms with Gasteiger partial charge in [-0.15, -0.1) is 22.6 Å². The largest absolute Gasteiger partial charge is 0.329 e. The highest BCUT2D eigenvalue weighted by molar-refractivity contribution is 7.99. The molecule has 1 aliphatic heterocycles. The molecule has 0 spiro atoms. The Morgan fingerprint density at radius 1 is 1.23 bits per heavy atom. The van der Waals surface area contributed by atoms with E-state index in [4.69, 9.17) is 0 Å². The average molecular weight is 397 g/mol. The van der Waals surface area contributed by atoms with E-state index in [0.29, 0.717) is 6.04 Å². The predicted molar refractivity (Wildman–Crippen MR) is 99.2 cm³/mol. The monoisotopic (exact) mass is 396 g/mol. The number of piperidine rings is 1. The van der Waals surface area contributed by atoms with Gasteiger partial charge in [-0.2, -0.15) is 0 Å². The number of aromatic nitrogens is 9. The normalized spacial score (nSPS) is 15.1. The number of rotatable bonds is 6. The Hall–Kier alpha value is -1.98. The van der Waals surface area contributed by atoms with Gasteiger partial charge in [-0.05, 0) is 36.4 Å². The van der Waals surface area contributed by atoms with Gasteiger partial charge in [0.05, 0.1) is 12.2 Å². The van der Waals surface area contributed by atoms with Crippen LogP contribution in [0.1, 0.15) is 18.9 Å². The molecule has 0 bridgehead atoms. The molecule has 1 N–H and O–H groups in total. The first-order chi connectivity index (χ1) is 12.3. The molecule has 10 nitrogen and oxygen atoms in total. The number of aryl methyl sites for hydroxylation is 2. The molecule has 4 heterocycles. The van der Waals surface area contributed by atoms with Crippen LogP contribution in [0.25, 0.3) is 11.5 Å². The van der Waals surface area contributed by atoms with Crippen LogP contribution in [0.15, 0.2) is 23.7 Å². The van der Waals surface area contributed by atoms with Crippen LogP contribution in [-0.2, 0) is 13.6 Å². The molecule has 0 aromatic carbocycles. The number of hydrogen-bond acceptors (Lipinski definition) is 8. The zero-order valence-corrected chi connectivity index (χ0v) is 16.0. The fourth-order valence-corrected chi connectivity index (χ4v) is 3.72. The molecule has 4 rings (SSSR count). The number of thioether (sulfide) groups is 1. The summed E-state index contributed by atoms with van der Waals surface area (Å²) in [4.78, 5) is 4.46. The van der Waals surface area contributed by atoms with Crippen LogP contribution in [0.3, 0.4) is 0 Å². The predicted octanol–water partition coefficient (Wildman–Crippen LogP) is 0.804. The van der Waals surface area contributed by atoms with Crippen molar-refractivity contribution in [1.82, 2.24) is 50.1 Å². The van der Waals surface area contributed by atoms with Crippen molar-refractivity contribution in [3.8, 4) is 11.5 Å². The van der Waals surface area contributed by atoms with Gasteiger partial charge in [0.25, 0.3) is 0 Å². The molecule has 0 atom stereocenters. The van der Waals surface area contributed by atoms with Gasteiger partial charge in [0.1, 0.15) is 5.69 Å². The lowest BCUT2D eigenvalue weighted by molar-refractivity contribution is 0.337. The zero-order valence-electron chi connectivity index (χ0n) is 14.4. The van der Waals surface area contributed by atoms with Crippen molar-refractivity contribution in [3.05, 3.63) is 18.6 Å². The molecule has 140 valence electrons. The molecule has 0 unspecified atom stereocenters. The van der Waals surface area contributed by atoms with Gasteiger partial charge in [0.2, 0.25) is 5.16 Å². The van der Waals surface area contributed by atoms with Crippen molar-refractivity contribution in [3.63, 3.8) is 0 Å². The molecule has 1 saturated heterocycles. The molecule has 12 heteroatoms. The van der Waals surface area contributed by atoms with Crippen LogP contribution >= 0.6 is 24.2 Å². The molecule has 0 saturated carbocycles. The Balaban J connectivity index is 0.00000196. The summed E-state index contributed by atoms with van der Waals surface area (Å²) in [5, 5.41) is 24.3. The van der Waals surface area contributed by atoms with Crippen molar-refractivity contribution in [2.24, 2.45) is 7.05 Å². The minimum atomic E-state index is 0. The summed E-state index contributed by atoms with van der Waals surface area (Å²) in [5.74, 6) is 1.69. The molecule has 0 amide bonds. The summed E-state index contributed by atoms with van der Waals surface area (Å²) in [6.45, 7) is 2.86. The smallest absolute Gasteiger partial charge is 0.209 e. The zero-order chi connectivity index (χ0) is 17.1. The van der Waals surface area contributed by atoms with Gasteiger partial charge in [0.15, 0.2) is 5.82 Å². The van der Waals surface area contributed by atoms with E-state index in [2.05, 4.69) is 40.7 Å². The molecule has 26 heavy (non-hydrogen) atoms. The first-order valence-electron chi connectivity index (χ1n) is 8.30. The maximum absolute atomic E-state index is 4.46. The second kappa shape index (κ2) is 8.60. The van der Waals surface area contributed by atoms with Crippen LogP contribution < -0.4 is 5.32 Å². The lowest BCUT2D eigenvalue weighted by Gasteiger charge is -2.22. The lowest BCUT2D eigenvalue weighted by Crippen LogP contribution is -2.29. The molecule has 1 fully saturated rings. The third-order valence-corrected chi connectivity index (χ3v) is 5.27. The van der Waals surface area contributed by atoms with Crippen molar-refractivity contribution in [2.75, 3.05) is 18.8 Å². The highest BCUT2D eigenvalue weighted by Crippen LogP contribution is 2.21. The summed E-state index contributed by atoms with van der Waals surface area (Å²) in [6, 6.07) is 0.421. The molecule has 0 aliphatic carbocycles. The van der Waals surface area contributed by atoms with Crippen LogP contribution in [0.5, 0.6) is 0 Å². The van der Waals surface area contributed by atoms with E-state index in [1.165, 1.54) is 0 Å². The van der Waals surface area contributed by atoms with E-state index in [0.717, 1.165) is 54.9 Å². The van der Waals surface area contributed by atoms with Crippen LogP contribution in [0, 0.1) is 0 Å². The number of nitrogens with zero attached hydrogens (tertiary/aromatic N) is 9. The summed E-state index contributed by atoms with van der Waals surface area (Å²) in [6.07, 6.45) is 7.94. The lowest BCUT2D eigenvalue weighted by atomic mass is 10.1. The highest BCUT2D eigenvalue weighted by Gasteiger charge is 2.18. The Bertz CT molecular complexity index is 821. The number of tetrazole rings is 1. The Morgan fingerprint density at radius 3 is 2.85 bits per heavy atom. The Kier molecular flexibility index (Phi) is 6.22. The van der Waals surface area contributed by atoms with Crippen molar-refractivity contribution in [1.29, 1.82) is 0 Å². The van der Waals surface area contributed by atoms with Crippen LogP contribution in [0.4, 0.5) is 0 Å². The van der Waals surface area contributed by atoms with E-state index in [1.54, 1.807) is 22.6 Å². The van der Waals surface area contributed by atoms with E-state index in [9.17, 15) is 0 Å². The van der Waals surface area contributed by atoms with E-state index >= 15 is 0 Å². The maximum atomic E-state index is 4.46. The quantitative estimate of drug-likeness (QED) is 0.610. The second-order valence-electron chi connectivity index (χ2n) is 5.94. The summed E-state index contributed by atoms with van der Waals surface area (Å²) in [5.41, 5.74) is 0.814. The number of nitrogens with one attached hydrogen (secondary N) is 1. The van der Waals surface area contributed by atoms with Gasteiger partial charge in [-0.25, -0.2) is 14.3 Å². The number of imidazole rings is 1. The summed E-state index contributed by atoms with van der Waals surface area (Å²) in [7, 11) is 1.84. The van der Waals surface area contributed by atoms with E-state index in [1.807, 2.05) is 24.1 Å². The Labute approximate surface area is 161 Å². The number of halogens is 1. The van der Waals surface area contributed by atoms with Crippen molar-refractivity contribution >= 4 is 24.2 Å². The van der Waals surface area contributed by atoms with Crippen LogP contribution in [0.2, 0.25) is 0 Å². The molecule has 3 aromatic rings. The van der Waals surface area contributed by atoms with Gasteiger partial charge < -0.3 is 9.88 Å². The summed E-state index contributed by atoms with van der Waals surface area (Å²) < 4.78 is 5.74. The molecular weight excluding hydrogens is 376 g/mol. The minimum absolute atomic E-state index is 0. The Morgan fingerprint density at radius 2 is 2.08 bits per heavy atom. The van der Waals surface area contributed by atoms with Gasteiger partial charge in [0, 0.05) is 31.7 Å². The average Bonchev–Trinajstić information content (AvgIpc) is 3.37. The third kappa shape index (κ3) is 4.05. The SMILES string of the molecule is Cl.Cn1nnnc1SCCn1ccnc1-c1cn(C2CCNCC2)nn1. The van der Waals surface area contributed by atoms with E-state index in [-0.39, 0.29) is 12.4 Å². The first-order valence-corrected chi connectivity index (χ1v) is 9.29. The molecule has 3 aromatic heterocycles. The number of hydrogen-bond donors (Lipinski definition) is 1. The van der Waals surface area contributed by atoms with Crippen molar-refractivity contribution < 1.29 is 0 Å². The second-order valence-corrected chi connectivity index (χ2v) is 7.00. The fourth-order valence-electron chi connectivity index (χ4n) is 2.93. The van der Waals surface area contributed by atoms with Gasteiger partial charge >= 0.3 is 0 Å².